The molecule has 0 saturated carbocycles. The van der Waals surface area contributed by atoms with Crippen LogP contribution in [0.15, 0.2) is 30.3 Å². The van der Waals surface area contributed by atoms with Crippen LogP contribution in [0.3, 0.4) is 0 Å². The number of hydrogen-bond donors (Lipinski definition) is 0. The Labute approximate surface area is 96.9 Å². The van der Waals surface area contributed by atoms with Crippen LogP contribution in [0.2, 0.25) is 0 Å². The molecule has 0 amide bonds. The Morgan fingerprint density at radius 1 is 1.19 bits per heavy atom. The fourth-order valence-electron chi connectivity index (χ4n) is 1.13. The van der Waals surface area contributed by atoms with E-state index in [1.807, 2.05) is 24.3 Å². The molecule has 0 heterocycles. The van der Waals surface area contributed by atoms with E-state index in [9.17, 15) is 4.79 Å². The highest BCUT2D eigenvalue weighted by atomic mass is 16.5. The number of ether oxygens (including phenoxy) is 1. The van der Waals surface area contributed by atoms with Crippen molar-refractivity contribution in [2.45, 2.75) is 20.8 Å². The van der Waals surface area contributed by atoms with E-state index in [1.165, 1.54) is 6.08 Å². The second kappa shape index (κ2) is 5.50. The predicted octanol–water partition coefficient (Wildman–Crippen LogP) is 3.32. The standard InChI is InChI=1S/C14H18O2/c1-14(2,3)11-16-13-8-6-12(7-9-13)5-4-10-15/h4-10H,11H2,1-3H3/b5-4+. The first-order chi connectivity index (χ1) is 7.51. The third-order valence-electron chi connectivity index (χ3n) is 1.92. The van der Waals surface area contributed by atoms with Gasteiger partial charge in [-0.25, -0.2) is 0 Å². The Morgan fingerprint density at radius 2 is 1.81 bits per heavy atom. The van der Waals surface area contributed by atoms with Gasteiger partial charge in [-0.3, -0.25) is 4.79 Å². The van der Waals surface area contributed by atoms with Crippen molar-refractivity contribution in [3.8, 4) is 5.75 Å². The highest BCUT2D eigenvalue weighted by Gasteiger charge is 2.10. The largest absolute Gasteiger partial charge is 0.493 e. The molecule has 0 fully saturated rings. The first kappa shape index (κ1) is 12.5. The molecule has 0 spiro atoms. The molecule has 1 rings (SSSR count). The van der Waals surface area contributed by atoms with Crippen molar-refractivity contribution in [3.05, 3.63) is 35.9 Å². The van der Waals surface area contributed by atoms with Crippen molar-refractivity contribution < 1.29 is 9.53 Å². The quantitative estimate of drug-likeness (QED) is 0.572. The van der Waals surface area contributed by atoms with Crippen molar-refractivity contribution in [3.63, 3.8) is 0 Å². The van der Waals surface area contributed by atoms with E-state index in [2.05, 4.69) is 20.8 Å². The van der Waals surface area contributed by atoms with Gasteiger partial charge >= 0.3 is 0 Å². The van der Waals surface area contributed by atoms with Crippen LogP contribution in [0.4, 0.5) is 0 Å². The van der Waals surface area contributed by atoms with Crippen molar-refractivity contribution in [2.24, 2.45) is 5.41 Å². The summed E-state index contributed by atoms with van der Waals surface area (Å²) < 4.78 is 5.64. The SMILES string of the molecule is CC(C)(C)COc1ccc(/C=C/C=O)cc1. The number of hydrogen-bond acceptors (Lipinski definition) is 2. The molecule has 0 aliphatic carbocycles. The zero-order valence-corrected chi connectivity index (χ0v) is 10.1. The molecule has 0 bridgehead atoms. The molecule has 16 heavy (non-hydrogen) atoms. The number of carbonyl (C=O) groups is 1. The molecule has 0 saturated heterocycles. The van der Waals surface area contributed by atoms with Gasteiger partial charge in [-0.1, -0.05) is 39.0 Å². The minimum Gasteiger partial charge on any atom is -0.493 e. The lowest BCUT2D eigenvalue weighted by Gasteiger charge is -2.18. The van der Waals surface area contributed by atoms with Crippen molar-refractivity contribution >= 4 is 12.4 Å². The topological polar surface area (TPSA) is 26.3 Å². The number of allylic oxidation sites excluding steroid dienone is 1. The summed E-state index contributed by atoms with van der Waals surface area (Å²) in [5.41, 5.74) is 1.16. The van der Waals surface area contributed by atoms with E-state index in [1.54, 1.807) is 6.08 Å². The van der Waals surface area contributed by atoms with Crippen LogP contribution in [-0.2, 0) is 4.79 Å². The summed E-state index contributed by atoms with van der Waals surface area (Å²) >= 11 is 0. The Balaban J connectivity index is 2.58. The lowest BCUT2D eigenvalue weighted by Crippen LogP contribution is -2.16. The van der Waals surface area contributed by atoms with Gasteiger partial charge in [0.25, 0.3) is 0 Å². The molecule has 0 aliphatic heterocycles. The van der Waals surface area contributed by atoms with E-state index in [0.29, 0.717) is 6.61 Å². The Hall–Kier alpha value is -1.57. The predicted molar refractivity (Wildman–Crippen MR) is 66.5 cm³/mol. The van der Waals surface area contributed by atoms with Crippen LogP contribution < -0.4 is 4.74 Å². The molecule has 0 aromatic heterocycles. The molecule has 2 nitrogen and oxygen atoms in total. The molecular formula is C14H18O2. The zero-order chi connectivity index (χ0) is 12.0. The van der Waals surface area contributed by atoms with Gasteiger partial charge in [-0.05, 0) is 29.2 Å². The van der Waals surface area contributed by atoms with Gasteiger partial charge in [0.1, 0.15) is 12.0 Å². The Morgan fingerprint density at radius 3 is 2.31 bits per heavy atom. The highest BCUT2D eigenvalue weighted by Crippen LogP contribution is 2.18. The smallest absolute Gasteiger partial charge is 0.142 e. The fraction of sp³-hybridized carbons (Fsp3) is 0.357. The van der Waals surface area contributed by atoms with E-state index in [4.69, 9.17) is 4.74 Å². The maximum absolute atomic E-state index is 10.1. The summed E-state index contributed by atoms with van der Waals surface area (Å²) in [6.45, 7) is 7.09. The summed E-state index contributed by atoms with van der Waals surface area (Å²) in [5.74, 6) is 0.859. The molecule has 1 aromatic carbocycles. The van der Waals surface area contributed by atoms with Crippen LogP contribution in [0, 0.1) is 5.41 Å². The molecule has 0 aliphatic rings. The molecule has 0 radical (unpaired) electrons. The van der Waals surface area contributed by atoms with Gasteiger partial charge < -0.3 is 4.74 Å². The summed E-state index contributed by atoms with van der Waals surface area (Å²) in [4.78, 5) is 10.1. The zero-order valence-electron chi connectivity index (χ0n) is 10.1. The normalized spacial score (nSPS) is 11.7. The molecular weight excluding hydrogens is 200 g/mol. The lowest BCUT2D eigenvalue weighted by molar-refractivity contribution is -0.104. The summed E-state index contributed by atoms with van der Waals surface area (Å²) in [6, 6.07) is 7.68. The average Bonchev–Trinajstić information content (AvgIpc) is 2.24. The van der Waals surface area contributed by atoms with Gasteiger partial charge in [-0.15, -0.1) is 0 Å². The minimum atomic E-state index is 0.163. The lowest BCUT2D eigenvalue weighted by atomic mass is 9.99. The Kier molecular flexibility index (Phi) is 4.29. The van der Waals surface area contributed by atoms with E-state index in [0.717, 1.165) is 17.6 Å². The van der Waals surface area contributed by atoms with Crippen LogP contribution >= 0.6 is 0 Å². The van der Waals surface area contributed by atoms with Gasteiger partial charge in [0, 0.05) is 0 Å². The van der Waals surface area contributed by atoms with Crippen molar-refractivity contribution in [1.29, 1.82) is 0 Å². The van der Waals surface area contributed by atoms with Gasteiger partial charge in [0.05, 0.1) is 6.61 Å². The fourth-order valence-corrected chi connectivity index (χ4v) is 1.13. The van der Waals surface area contributed by atoms with Crippen molar-refractivity contribution in [1.82, 2.24) is 0 Å². The molecule has 0 N–H and O–H groups in total. The number of carbonyl (C=O) groups excluding carboxylic acids is 1. The monoisotopic (exact) mass is 218 g/mol. The third-order valence-corrected chi connectivity index (χ3v) is 1.92. The van der Waals surface area contributed by atoms with Crippen LogP contribution in [0.1, 0.15) is 26.3 Å². The van der Waals surface area contributed by atoms with Crippen molar-refractivity contribution in [2.75, 3.05) is 6.61 Å². The van der Waals surface area contributed by atoms with Gasteiger partial charge in [0.15, 0.2) is 0 Å². The van der Waals surface area contributed by atoms with Gasteiger partial charge in [-0.2, -0.15) is 0 Å². The highest BCUT2D eigenvalue weighted by molar-refractivity contribution is 5.73. The first-order valence-corrected chi connectivity index (χ1v) is 5.36. The maximum atomic E-state index is 10.1. The van der Waals surface area contributed by atoms with Crippen LogP contribution in [0.5, 0.6) is 5.75 Å². The second-order valence-electron chi connectivity index (χ2n) is 4.91. The number of benzene rings is 1. The molecule has 0 atom stereocenters. The summed E-state index contributed by atoms with van der Waals surface area (Å²) in [5, 5.41) is 0. The van der Waals surface area contributed by atoms with E-state index >= 15 is 0 Å². The summed E-state index contributed by atoms with van der Waals surface area (Å²) in [7, 11) is 0. The van der Waals surface area contributed by atoms with Crippen LogP contribution in [0.25, 0.3) is 6.08 Å². The minimum absolute atomic E-state index is 0.163. The van der Waals surface area contributed by atoms with E-state index in [-0.39, 0.29) is 5.41 Å². The second-order valence-corrected chi connectivity index (χ2v) is 4.91. The van der Waals surface area contributed by atoms with E-state index < -0.39 is 0 Å². The molecule has 2 heteroatoms. The Bertz CT molecular complexity index is 355. The molecule has 86 valence electrons. The molecule has 1 aromatic rings. The number of rotatable bonds is 4. The van der Waals surface area contributed by atoms with Gasteiger partial charge in [0.2, 0.25) is 0 Å². The first-order valence-electron chi connectivity index (χ1n) is 5.36. The third kappa shape index (κ3) is 4.78. The number of aldehydes is 1. The molecule has 0 unspecified atom stereocenters. The summed E-state index contributed by atoms with van der Waals surface area (Å²) in [6.07, 6.45) is 4.01. The van der Waals surface area contributed by atoms with Crippen LogP contribution in [-0.4, -0.2) is 12.9 Å². The average molecular weight is 218 g/mol. The maximum Gasteiger partial charge on any atom is 0.142 e.